The third-order valence-electron chi connectivity index (χ3n) is 3.67. The molecule has 0 spiro atoms. The SMILES string of the molecule is CCCc1cc(CNC(=O)[C@@H]2CN(C)CC[C@H]2O)on1.O=CO. The molecular weight excluding hydrogens is 302 g/mol. The normalized spacial score (nSPS) is 21.2. The van der Waals surface area contributed by atoms with Crippen molar-refractivity contribution in [1.29, 1.82) is 0 Å². The van der Waals surface area contributed by atoms with Crippen LogP contribution in [0, 0.1) is 5.92 Å². The van der Waals surface area contributed by atoms with E-state index in [1.807, 2.05) is 13.1 Å². The lowest BCUT2D eigenvalue weighted by molar-refractivity contribution is -0.131. The van der Waals surface area contributed by atoms with Crippen molar-refractivity contribution in [3.05, 3.63) is 17.5 Å². The van der Waals surface area contributed by atoms with Gasteiger partial charge in [-0.25, -0.2) is 0 Å². The van der Waals surface area contributed by atoms with Crippen molar-refractivity contribution in [3.8, 4) is 0 Å². The van der Waals surface area contributed by atoms with Gasteiger partial charge in [0.05, 0.1) is 24.3 Å². The highest BCUT2D eigenvalue weighted by Crippen LogP contribution is 2.16. The number of nitrogens with one attached hydrogen (secondary N) is 1. The van der Waals surface area contributed by atoms with Gasteiger partial charge in [-0.2, -0.15) is 0 Å². The molecule has 2 heterocycles. The molecule has 0 aromatic carbocycles. The zero-order chi connectivity index (χ0) is 17.2. The summed E-state index contributed by atoms with van der Waals surface area (Å²) in [5, 5.41) is 23.5. The first kappa shape index (κ1) is 19.1. The highest BCUT2D eigenvalue weighted by atomic mass is 16.5. The Hall–Kier alpha value is -1.93. The zero-order valence-corrected chi connectivity index (χ0v) is 13.6. The summed E-state index contributed by atoms with van der Waals surface area (Å²) in [6.45, 7) is 3.57. The van der Waals surface area contributed by atoms with Gasteiger partial charge in [-0.15, -0.1) is 0 Å². The molecule has 2 rings (SSSR count). The Labute approximate surface area is 135 Å². The van der Waals surface area contributed by atoms with Crippen LogP contribution in [0.2, 0.25) is 0 Å². The molecule has 1 fully saturated rings. The van der Waals surface area contributed by atoms with Crippen molar-refractivity contribution in [2.75, 3.05) is 20.1 Å². The van der Waals surface area contributed by atoms with Gasteiger partial charge >= 0.3 is 0 Å². The number of aryl methyl sites for hydroxylation is 1. The average molecular weight is 327 g/mol. The van der Waals surface area contributed by atoms with Crippen LogP contribution in [0.5, 0.6) is 0 Å². The number of aliphatic hydroxyl groups excluding tert-OH is 1. The molecule has 0 saturated carbocycles. The van der Waals surface area contributed by atoms with E-state index in [0.29, 0.717) is 25.3 Å². The smallest absolute Gasteiger partial charge is 0.290 e. The number of rotatable bonds is 5. The van der Waals surface area contributed by atoms with Gasteiger partial charge < -0.3 is 25.0 Å². The van der Waals surface area contributed by atoms with Gasteiger partial charge in [-0.1, -0.05) is 18.5 Å². The van der Waals surface area contributed by atoms with Crippen molar-refractivity contribution in [1.82, 2.24) is 15.4 Å². The third-order valence-corrected chi connectivity index (χ3v) is 3.67. The number of hydrogen-bond acceptors (Lipinski definition) is 6. The minimum absolute atomic E-state index is 0.127. The number of aromatic nitrogens is 1. The van der Waals surface area contributed by atoms with E-state index in [-0.39, 0.29) is 18.3 Å². The van der Waals surface area contributed by atoms with E-state index in [2.05, 4.69) is 22.3 Å². The predicted octanol–water partition coefficient (Wildman–Crippen LogP) is 0.257. The Kier molecular flexibility index (Phi) is 8.28. The summed E-state index contributed by atoms with van der Waals surface area (Å²) in [4.78, 5) is 22.5. The van der Waals surface area contributed by atoms with E-state index in [4.69, 9.17) is 14.4 Å². The Morgan fingerprint density at radius 3 is 2.96 bits per heavy atom. The molecule has 23 heavy (non-hydrogen) atoms. The molecule has 1 aromatic rings. The minimum Gasteiger partial charge on any atom is -0.483 e. The van der Waals surface area contributed by atoms with Crippen molar-refractivity contribution >= 4 is 12.4 Å². The number of piperidine rings is 1. The summed E-state index contributed by atoms with van der Waals surface area (Å²) >= 11 is 0. The van der Waals surface area contributed by atoms with Crippen LogP contribution in [-0.2, 0) is 22.6 Å². The lowest BCUT2D eigenvalue weighted by Crippen LogP contribution is -2.48. The Bertz CT molecular complexity index is 491. The first-order chi connectivity index (χ1) is 11.0. The standard InChI is InChI=1S/C14H23N3O3.CH2O2/c1-3-4-10-7-11(20-16-10)8-15-14(19)12-9-17(2)6-5-13(12)18;2-1-3/h7,12-13,18H,3-6,8-9H2,1-2H3,(H,15,19);1H,(H,2,3)/t12-,13-;/m1./s1. The first-order valence-electron chi connectivity index (χ1n) is 7.68. The van der Waals surface area contributed by atoms with Gasteiger partial charge in [0.2, 0.25) is 5.91 Å². The van der Waals surface area contributed by atoms with Crippen molar-refractivity contribution in [2.45, 2.75) is 38.8 Å². The number of carbonyl (C=O) groups excluding carboxylic acids is 1. The summed E-state index contributed by atoms with van der Waals surface area (Å²) in [6, 6.07) is 1.87. The Morgan fingerprint density at radius 2 is 2.30 bits per heavy atom. The highest BCUT2D eigenvalue weighted by Gasteiger charge is 2.31. The van der Waals surface area contributed by atoms with Gasteiger partial charge in [-0.3, -0.25) is 9.59 Å². The monoisotopic (exact) mass is 327 g/mol. The molecular formula is C15H25N3O5. The van der Waals surface area contributed by atoms with Crippen molar-refractivity contribution in [2.24, 2.45) is 5.92 Å². The lowest BCUT2D eigenvalue weighted by atomic mass is 9.94. The van der Waals surface area contributed by atoms with E-state index in [1.165, 1.54) is 0 Å². The van der Waals surface area contributed by atoms with Crippen LogP contribution in [-0.4, -0.2) is 58.9 Å². The third kappa shape index (κ3) is 6.37. The molecule has 1 aliphatic rings. The number of carboxylic acid groups (broad SMARTS) is 1. The van der Waals surface area contributed by atoms with Gasteiger partial charge in [0.25, 0.3) is 6.47 Å². The summed E-state index contributed by atoms with van der Waals surface area (Å²) in [7, 11) is 1.96. The molecule has 0 aliphatic carbocycles. The maximum absolute atomic E-state index is 12.1. The molecule has 1 aliphatic heterocycles. The largest absolute Gasteiger partial charge is 0.483 e. The molecule has 3 N–H and O–H groups in total. The van der Waals surface area contributed by atoms with Gasteiger partial charge in [0, 0.05) is 19.2 Å². The quantitative estimate of drug-likeness (QED) is 0.664. The number of likely N-dealkylation sites (tertiary alicyclic amines) is 1. The molecule has 1 saturated heterocycles. The average Bonchev–Trinajstić information content (AvgIpc) is 2.96. The van der Waals surface area contributed by atoms with E-state index >= 15 is 0 Å². The number of nitrogens with zero attached hydrogens (tertiary/aromatic N) is 2. The molecule has 1 aromatic heterocycles. The van der Waals surface area contributed by atoms with Crippen LogP contribution in [0.25, 0.3) is 0 Å². The highest BCUT2D eigenvalue weighted by molar-refractivity contribution is 5.79. The molecule has 1 amide bonds. The molecule has 0 radical (unpaired) electrons. The summed E-state index contributed by atoms with van der Waals surface area (Å²) < 4.78 is 5.17. The molecule has 0 unspecified atom stereocenters. The van der Waals surface area contributed by atoms with Gasteiger partial charge in [0.15, 0.2) is 5.76 Å². The second kappa shape index (κ2) is 9.96. The Morgan fingerprint density at radius 1 is 1.61 bits per heavy atom. The fourth-order valence-electron chi connectivity index (χ4n) is 2.48. The van der Waals surface area contributed by atoms with Crippen LogP contribution in [0.4, 0.5) is 0 Å². The van der Waals surface area contributed by atoms with Crippen LogP contribution < -0.4 is 5.32 Å². The number of amides is 1. The van der Waals surface area contributed by atoms with Gasteiger partial charge in [0.1, 0.15) is 0 Å². The second-order valence-corrected chi connectivity index (χ2v) is 5.58. The minimum atomic E-state index is -0.559. The lowest BCUT2D eigenvalue weighted by Gasteiger charge is -2.32. The summed E-state index contributed by atoms with van der Waals surface area (Å²) in [5.41, 5.74) is 0.911. The van der Waals surface area contributed by atoms with Gasteiger partial charge in [-0.05, 0) is 19.9 Å². The fourth-order valence-corrected chi connectivity index (χ4v) is 2.48. The molecule has 2 atom stereocenters. The maximum atomic E-state index is 12.1. The van der Waals surface area contributed by atoms with E-state index < -0.39 is 6.10 Å². The molecule has 8 heteroatoms. The summed E-state index contributed by atoms with van der Waals surface area (Å²) in [6.07, 6.45) is 1.97. The number of aliphatic hydroxyl groups is 1. The molecule has 130 valence electrons. The molecule has 8 nitrogen and oxygen atoms in total. The first-order valence-corrected chi connectivity index (χ1v) is 7.68. The van der Waals surface area contributed by atoms with E-state index in [9.17, 15) is 9.90 Å². The van der Waals surface area contributed by atoms with Crippen LogP contribution in [0.1, 0.15) is 31.2 Å². The number of hydrogen-bond donors (Lipinski definition) is 3. The van der Waals surface area contributed by atoms with E-state index in [1.54, 1.807) is 0 Å². The maximum Gasteiger partial charge on any atom is 0.290 e. The molecule has 0 bridgehead atoms. The summed E-state index contributed by atoms with van der Waals surface area (Å²) in [5.74, 6) is 0.157. The van der Waals surface area contributed by atoms with Crippen LogP contribution in [0.3, 0.4) is 0 Å². The second-order valence-electron chi connectivity index (χ2n) is 5.58. The predicted molar refractivity (Wildman–Crippen MR) is 82.6 cm³/mol. The fraction of sp³-hybridized carbons (Fsp3) is 0.667. The number of carbonyl (C=O) groups is 2. The topological polar surface area (TPSA) is 116 Å². The zero-order valence-electron chi connectivity index (χ0n) is 13.6. The van der Waals surface area contributed by atoms with Crippen LogP contribution in [0.15, 0.2) is 10.6 Å². The Balaban J connectivity index is 0.000000816. The van der Waals surface area contributed by atoms with Crippen molar-refractivity contribution in [3.63, 3.8) is 0 Å². The van der Waals surface area contributed by atoms with Crippen LogP contribution >= 0.6 is 0 Å². The van der Waals surface area contributed by atoms with Crippen molar-refractivity contribution < 1.29 is 24.3 Å². The van der Waals surface area contributed by atoms with E-state index in [0.717, 1.165) is 25.1 Å².